The van der Waals surface area contributed by atoms with Crippen molar-refractivity contribution in [3.8, 4) is 17.2 Å². The predicted octanol–water partition coefficient (Wildman–Crippen LogP) is 10.1. The van der Waals surface area contributed by atoms with Gasteiger partial charge in [-0.15, -0.1) is 0 Å². The molecule has 1 aliphatic heterocycles. The van der Waals surface area contributed by atoms with Gasteiger partial charge in [-0.05, 0) is 107 Å². The summed E-state index contributed by atoms with van der Waals surface area (Å²) in [4.78, 5) is 25.5. The zero-order chi connectivity index (χ0) is 42.1. The van der Waals surface area contributed by atoms with Gasteiger partial charge in [-0.2, -0.15) is 0 Å². The van der Waals surface area contributed by atoms with Crippen LogP contribution in [0.15, 0.2) is 78.9 Å². The number of hydrogen-bond donors (Lipinski definition) is 0. The fourth-order valence-corrected chi connectivity index (χ4v) is 20.7. The molecular formula is C45H60O10Si3. The highest BCUT2D eigenvalue weighted by atomic mass is 28.5. The summed E-state index contributed by atoms with van der Waals surface area (Å²) in [5, 5.41) is 1.93. The number of fused-ring (bicyclic) bond motifs is 3. The lowest BCUT2D eigenvalue weighted by atomic mass is 9.82. The molecule has 0 bridgehead atoms. The highest BCUT2D eigenvalue weighted by molar-refractivity contribution is 6.87. The van der Waals surface area contributed by atoms with E-state index in [0.717, 1.165) is 62.6 Å². The van der Waals surface area contributed by atoms with Crippen molar-refractivity contribution in [2.45, 2.75) is 90.3 Å². The molecule has 0 aromatic heterocycles. The van der Waals surface area contributed by atoms with Crippen LogP contribution in [0, 0.1) is 6.92 Å². The van der Waals surface area contributed by atoms with Crippen LogP contribution in [0.2, 0.25) is 51.9 Å². The second-order valence-corrected chi connectivity index (χ2v) is 29.3. The Bertz CT molecular complexity index is 2010. The Morgan fingerprint density at radius 3 is 1.83 bits per heavy atom. The molecule has 0 N–H and O–H groups in total. The van der Waals surface area contributed by atoms with Gasteiger partial charge < -0.3 is 36.7 Å². The largest absolute Gasteiger partial charge is 0.497 e. The highest BCUT2D eigenvalue weighted by Gasteiger charge is 2.40. The first-order chi connectivity index (χ1) is 27.5. The number of ether oxygens (including phenoxy) is 6. The predicted molar refractivity (Wildman–Crippen MR) is 236 cm³/mol. The van der Waals surface area contributed by atoms with E-state index in [1.807, 2.05) is 85.8 Å². The van der Waals surface area contributed by atoms with Crippen molar-refractivity contribution in [1.29, 1.82) is 0 Å². The first-order valence-electron chi connectivity index (χ1n) is 20.0. The second-order valence-electron chi connectivity index (χ2n) is 16.6. The summed E-state index contributed by atoms with van der Waals surface area (Å²) >= 11 is 0. The Morgan fingerprint density at radius 1 is 0.690 bits per heavy atom. The average Bonchev–Trinajstić information content (AvgIpc) is 3.18. The molecule has 0 unspecified atom stereocenters. The molecule has 0 atom stereocenters. The van der Waals surface area contributed by atoms with E-state index in [1.165, 1.54) is 0 Å². The molecule has 4 aromatic rings. The summed E-state index contributed by atoms with van der Waals surface area (Å²) in [7, 11) is -2.47. The fraction of sp³-hybridized carbons (Fsp3) is 0.422. The number of rotatable bonds is 20. The molecule has 0 aliphatic carbocycles. The van der Waals surface area contributed by atoms with Gasteiger partial charge in [-0.3, -0.25) is 9.59 Å². The van der Waals surface area contributed by atoms with E-state index < -0.39 is 42.7 Å². The van der Waals surface area contributed by atoms with Gasteiger partial charge in [0, 0.05) is 34.2 Å². The molecule has 1 heterocycles. The molecule has 0 radical (unpaired) electrons. The van der Waals surface area contributed by atoms with E-state index in [-0.39, 0.29) is 32.7 Å². The Labute approximate surface area is 347 Å². The lowest BCUT2D eigenvalue weighted by Gasteiger charge is -2.37. The second kappa shape index (κ2) is 19.2. The minimum atomic E-state index is -2.18. The maximum atomic E-state index is 13.0. The van der Waals surface area contributed by atoms with Crippen LogP contribution in [-0.4, -0.2) is 71.2 Å². The molecule has 0 saturated heterocycles. The van der Waals surface area contributed by atoms with Gasteiger partial charge in [-0.25, -0.2) is 0 Å². The molecule has 0 fully saturated rings. The third-order valence-corrected chi connectivity index (χ3v) is 20.1. The summed E-state index contributed by atoms with van der Waals surface area (Å²) in [6.07, 6.45) is 4.78. The van der Waals surface area contributed by atoms with Crippen LogP contribution in [0.5, 0.6) is 17.2 Å². The molecule has 13 heteroatoms. The molecular weight excluding hydrogens is 785 g/mol. The van der Waals surface area contributed by atoms with Crippen molar-refractivity contribution in [2.75, 3.05) is 34.0 Å². The van der Waals surface area contributed by atoms with Gasteiger partial charge in [0.2, 0.25) is 0 Å². The van der Waals surface area contributed by atoms with E-state index in [2.05, 4.69) is 51.9 Å². The minimum Gasteiger partial charge on any atom is -0.497 e. The topological polar surface area (TPSA) is 108 Å². The molecule has 0 amide bonds. The Morgan fingerprint density at radius 2 is 1.26 bits per heavy atom. The molecule has 0 saturated carbocycles. The van der Waals surface area contributed by atoms with E-state index in [9.17, 15) is 9.59 Å². The standard InChI is InChI=1S/C45H60O10Si3/c1-33-38-14-11-12-15-39(38)44-40(26-27-45(53-44,34-16-20-36(48-2)21-17-34)35-18-22-37(49-3)23-19-35)41(33)32-52-43(47)25-24-42(46)51-30-29-50-28-13-31-57(7,8)55-58(9,10)54-56(4,5)6/h11-12,14-23,26-27H,13,24-25,28-32H2,1-10H3. The van der Waals surface area contributed by atoms with Crippen LogP contribution >= 0.6 is 0 Å². The van der Waals surface area contributed by atoms with E-state index in [1.54, 1.807) is 14.2 Å². The molecule has 5 rings (SSSR count). The SMILES string of the molecule is COc1ccc(C2(c3ccc(OC)cc3)C=Cc3c(COC(=O)CCC(=O)OCCOCCC[Si](C)(C)O[Si](C)(C)O[Si](C)(C)C)c(C)c4ccccc4c3O2)cc1. The van der Waals surface area contributed by atoms with E-state index in [0.29, 0.717) is 12.4 Å². The quantitative estimate of drug-likeness (QED) is 0.0485. The highest BCUT2D eigenvalue weighted by Crippen LogP contribution is 2.48. The van der Waals surface area contributed by atoms with Gasteiger partial charge in [-0.1, -0.05) is 54.6 Å². The first-order valence-corrected chi connectivity index (χ1v) is 29.3. The minimum absolute atomic E-state index is 0.0161. The van der Waals surface area contributed by atoms with Gasteiger partial charge in [0.05, 0.1) is 33.7 Å². The Balaban J connectivity index is 1.17. The van der Waals surface area contributed by atoms with Gasteiger partial charge in [0.25, 0.3) is 0 Å². The number of carbonyl (C=O) groups excluding carboxylic acids is 2. The Hall–Kier alpha value is -4.25. The third-order valence-electron chi connectivity index (χ3n) is 9.93. The van der Waals surface area contributed by atoms with Crippen molar-refractivity contribution in [3.63, 3.8) is 0 Å². The van der Waals surface area contributed by atoms with Crippen LogP contribution in [-0.2, 0) is 44.2 Å². The van der Waals surface area contributed by atoms with E-state index in [4.69, 9.17) is 36.7 Å². The summed E-state index contributed by atoms with van der Waals surface area (Å²) in [5.41, 5.74) is 3.50. The summed E-state index contributed by atoms with van der Waals surface area (Å²) in [6, 6.07) is 24.7. The van der Waals surface area contributed by atoms with Crippen molar-refractivity contribution < 1.29 is 46.2 Å². The monoisotopic (exact) mass is 844 g/mol. The lowest BCUT2D eigenvalue weighted by molar-refractivity contribution is -0.151. The van der Waals surface area contributed by atoms with Crippen molar-refractivity contribution >= 4 is 54.0 Å². The van der Waals surface area contributed by atoms with E-state index >= 15 is 0 Å². The van der Waals surface area contributed by atoms with Crippen molar-refractivity contribution in [3.05, 3.63) is 107 Å². The fourth-order valence-electron chi connectivity index (χ4n) is 7.57. The third kappa shape index (κ3) is 11.7. The zero-order valence-corrected chi connectivity index (χ0v) is 38.8. The maximum absolute atomic E-state index is 13.0. The first kappa shape index (κ1) is 44.8. The van der Waals surface area contributed by atoms with Crippen LogP contribution in [0.4, 0.5) is 0 Å². The number of methoxy groups -OCH3 is 2. The van der Waals surface area contributed by atoms with Gasteiger partial charge >= 0.3 is 20.5 Å². The van der Waals surface area contributed by atoms with Crippen molar-refractivity contribution in [1.82, 2.24) is 0 Å². The summed E-state index contributed by atoms with van der Waals surface area (Å²) in [5.74, 6) is 1.20. The molecule has 1 aliphatic rings. The molecule has 0 spiro atoms. The zero-order valence-electron chi connectivity index (χ0n) is 35.8. The van der Waals surface area contributed by atoms with Gasteiger partial charge in [0.15, 0.2) is 22.2 Å². The van der Waals surface area contributed by atoms with Crippen molar-refractivity contribution in [2.24, 2.45) is 0 Å². The smallest absolute Gasteiger partial charge is 0.311 e. The number of esters is 2. The molecule has 58 heavy (non-hydrogen) atoms. The van der Waals surface area contributed by atoms with Crippen LogP contribution in [0.25, 0.3) is 16.8 Å². The van der Waals surface area contributed by atoms with Gasteiger partial charge in [0.1, 0.15) is 30.5 Å². The lowest BCUT2D eigenvalue weighted by Crippen LogP contribution is -2.51. The van der Waals surface area contributed by atoms with Crippen LogP contribution in [0.3, 0.4) is 0 Å². The molecule has 4 aromatic carbocycles. The van der Waals surface area contributed by atoms with Crippen LogP contribution in [0.1, 0.15) is 47.1 Å². The number of benzene rings is 4. The summed E-state index contributed by atoms with van der Waals surface area (Å²) in [6.45, 7) is 18.3. The number of aryl methyl sites for hydroxylation is 1. The average molecular weight is 845 g/mol. The normalized spacial score (nSPS) is 13.8. The molecule has 10 nitrogen and oxygen atoms in total. The number of carbonyl (C=O) groups is 2. The number of hydrogen-bond acceptors (Lipinski definition) is 10. The van der Waals surface area contributed by atoms with Crippen LogP contribution < -0.4 is 14.2 Å². The summed E-state index contributed by atoms with van der Waals surface area (Å²) < 4.78 is 47.9. The maximum Gasteiger partial charge on any atom is 0.311 e. The molecule has 312 valence electrons. The Kier molecular flexibility index (Phi) is 14.9.